The molecule has 1 atom stereocenters. The second kappa shape index (κ2) is 5.10. The van der Waals surface area contributed by atoms with E-state index in [1.165, 1.54) is 45.4 Å². The molecule has 2 aliphatic heterocycles. The molecule has 82 valence electrons. The third-order valence-corrected chi connectivity index (χ3v) is 3.68. The number of aliphatic hydroxyl groups excluding tert-OH is 1. The molecule has 0 aromatic carbocycles. The lowest BCUT2D eigenvalue weighted by atomic mass is 10.0. The van der Waals surface area contributed by atoms with E-state index < -0.39 is 0 Å². The van der Waals surface area contributed by atoms with Crippen LogP contribution in [0.1, 0.15) is 25.7 Å². The van der Waals surface area contributed by atoms with Gasteiger partial charge in [0, 0.05) is 19.2 Å². The Morgan fingerprint density at radius 1 is 1.21 bits per heavy atom. The maximum Gasteiger partial charge on any atom is 0.0434 e. The molecular formula is C11H22N2O. The SMILES string of the molecule is OCCC1CCN(C2CCNCC2)C1. The molecule has 2 fully saturated rings. The third kappa shape index (κ3) is 2.47. The second-order valence-electron chi connectivity index (χ2n) is 4.64. The van der Waals surface area contributed by atoms with E-state index in [9.17, 15) is 0 Å². The van der Waals surface area contributed by atoms with Crippen LogP contribution in [0, 0.1) is 5.92 Å². The molecule has 0 aliphatic carbocycles. The van der Waals surface area contributed by atoms with Gasteiger partial charge in [-0.2, -0.15) is 0 Å². The van der Waals surface area contributed by atoms with Crippen LogP contribution in [-0.2, 0) is 0 Å². The van der Waals surface area contributed by atoms with Crippen LogP contribution >= 0.6 is 0 Å². The van der Waals surface area contributed by atoms with Gasteiger partial charge in [-0.15, -0.1) is 0 Å². The Morgan fingerprint density at radius 2 is 2.00 bits per heavy atom. The fourth-order valence-electron chi connectivity index (χ4n) is 2.78. The van der Waals surface area contributed by atoms with Gasteiger partial charge in [-0.1, -0.05) is 0 Å². The smallest absolute Gasteiger partial charge is 0.0434 e. The van der Waals surface area contributed by atoms with Crippen LogP contribution in [0.2, 0.25) is 0 Å². The van der Waals surface area contributed by atoms with E-state index in [0.717, 1.165) is 18.4 Å². The Morgan fingerprint density at radius 3 is 2.71 bits per heavy atom. The van der Waals surface area contributed by atoms with Crippen molar-refractivity contribution in [1.29, 1.82) is 0 Å². The van der Waals surface area contributed by atoms with Crippen LogP contribution in [-0.4, -0.2) is 48.8 Å². The van der Waals surface area contributed by atoms with Crippen molar-refractivity contribution in [2.45, 2.75) is 31.7 Å². The van der Waals surface area contributed by atoms with Gasteiger partial charge < -0.3 is 15.3 Å². The Hall–Kier alpha value is -0.120. The monoisotopic (exact) mass is 198 g/mol. The van der Waals surface area contributed by atoms with Gasteiger partial charge in [0.15, 0.2) is 0 Å². The maximum atomic E-state index is 8.89. The first-order valence-electron chi connectivity index (χ1n) is 5.96. The van der Waals surface area contributed by atoms with Crippen LogP contribution in [0.5, 0.6) is 0 Å². The highest BCUT2D eigenvalue weighted by Gasteiger charge is 2.28. The van der Waals surface area contributed by atoms with Gasteiger partial charge in [0.05, 0.1) is 0 Å². The fourth-order valence-corrected chi connectivity index (χ4v) is 2.78. The molecule has 0 aromatic rings. The third-order valence-electron chi connectivity index (χ3n) is 3.68. The van der Waals surface area contributed by atoms with Crippen LogP contribution < -0.4 is 5.32 Å². The number of hydrogen-bond donors (Lipinski definition) is 2. The molecule has 0 spiro atoms. The van der Waals surface area contributed by atoms with Gasteiger partial charge in [-0.25, -0.2) is 0 Å². The first-order chi connectivity index (χ1) is 6.90. The normalized spacial score (nSPS) is 31.1. The lowest BCUT2D eigenvalue weighted by molar-refractivity contribution is 0.185. The number of rotatable bonds is 3. The van der Waals surface area contributed by atoms with Crippen molar-refractivity contribution < 1.29 is 5.11 Å². The van der Waals surface area contributed by atoms with Crippen molar-refractivity contribution in [3.05, 3.63) is 0 Å². The zero-order chi connectivity index (χ0) is 9.80. The summed E-state index contributed by atoms with van der Waals surface area (Å²) in [6, 6.07) is 0.819. The average Bonchev–Trinajstić information content (AvgIpc) is 2.68. The highest BCUT2D eigenvalue weighted by molar-refractivity contribution is 4.84. The summed E-state index contributed by atoms with van der Waals surface area (Å²) in [6.07, 6.45) is 4.92. The zero-order valence-corrected chi connectivity index (χ0v) is 8.91. The molecule has 14 heavy (non-hydrogen) atoms. The summed E-state index contributed by atoms with van der Waals surface area (Å²) in [4.78, 5) is 2.64. The van der Waals surface area contributed by atoms with Gasteiger partial charge in [0.25, 0.3) is 0 Å². The van der Waals surface area contributed by atoms with Crippen LogP contribution in [0.3, 0.4) is 0 Å². The highest BCUT2D eigenvalue weighted by atomic mass is 16.3. The summed E-state index contributed by atoms with van der Waals surface area (Å²) in [5, 5.41) is 12.3. The van der Waals surface area contributed by atoms with Crippen molar-refractivity contribution >= 4 is 0 Å². The summed E-state index contributed by atoms with van der Waals surface area (Å²) < 4.78 is 0. The molecular weight excluding hydrogens is 176 g/mol. The molecule has 0 bridgehead atoms. The summed E-state index contributed by atoms with van der Waals surface area (Å²) in [5.41, 5.74) is 0. The molecule has 2 saturated heterocycles. The van der Waals surface area contributed by atoms with E-state index in [1.807, 2.05) is 0 Å². The summed E-state index contributed by atoms with van der Waals surface area (Å²) in [5.74, 6) is 0.759. The van der Waals surface area contributed by atoms with Crippen molar-refractivity contribution in [3.8, 4) is 0 Å². The summed E-state index contributed by atoms with van der Waals surface area (Å²) >= 11 is 0. The van der Waals surface area contributed by atoms with Crippen LogP contribution in [0.25, 0.3) is 0 Å². The van der Waals surface area contributed by atoms with E-state index in [-0.39, 0.29) is 0 Å². The molecule has 3 nitrogen and oxygen atoms in total. The first-order valence-corrected chi connectivity index (χ1v) is 5.96. The van der Waals surface area contributed by atoms with Crippen molar-refractivity contribution in [2.75, 3.05) is 32.8 Å². The Balaban J connectivity index is 1.76. The lowest BCUT2D eigenvalue weighted by Crippen LogP contribution is -2.42. The molecule has 2 rings (SSSR count). The van der Waals surface area contributed by atoms with Crippen LogP contribution in [0.4, 0.5) is 0 Å². The maximum absolute atomic E-state index is 8.89. The van der Waals surface area contributed by atoms with Gasteiger partial charge in [0.1, 0.15) is 0 Å². The number of piperidine rings is 1. The number of aliphatic hydroxyl groups is 1. The first kappa shape index (κ1) is 10.4. The van der Waals surface area contributed by atoms with Gasteiger partial charge in [-0.3, -0.25) is 0 Å². The highest BCUT2D eigenvalue weighted by Crippen LogP contribution is 2.24. The topological polar surface area (TPSA) is 35.5 Å². The van der Waals surface area contributed by atoms with E-state index in [1.54, 1.807) is 0 Å². The van der Waals surface area contributed by atoms with Gasteiger partial charge >= 0.3 is 0 Å². The summed E-state index contributed by atoms with van der Waals surface area (Å²) in [7, 11) is 0. The quantitative estimate of drug-likeness (QED) is 0.691. The van der Waals surface area contributed by atoms with Crippen molar-refractivity contribution in [1.82, 2.24) is 10.2 Å². The molecule has 2 heterocycles. The molecule has 0 radical (unpaired) electrons. The van der Waals surface area contributed by atoms with Gasteiger partial charge in [0.2, 0.25) is 0 Å². The molecule has 2 N–H and O–H groups in total. The standard InChI is InChI=1S/C11H22N2O/c14-8-4-10-3-7-13(9-10)11-1-5-12-6-2-11/h10-12,14H,1-9H2. The molecule has 2 aliphatic rings. The number of nitrogens with zero attached hydrogens (tertiary/aromatic N) is 1. The molecule has 0 saturated carbocycles. The zero-order valence-electron chi connectivity index (χ0n) is 8.91. The van der Waals surface area contributed by atoms with E-state index >= 15 is 0 Å². The average molecular weight is 198 g/mol. The molecule has 3 heteroatoms. The number of likely N-dealkylation sites (tertiary alicyclic amines) is 1. The lowest BCUT2D eigenvalue weighted by Gasteiger charge is -2.31. The van der Waals surface area contributed by atoms with E-state index in [4.69, 9.17) is 5.11 Å². The second-order valence-corrected chi connectivity index (χ2v) is 4.64. The van der Waals surface area contributed by atoms with E-state index in [0.29, 0.717) is 6.61 Å². The molecule has 0 amide bonds. The fraction of sp³-hybridized carbons (Fsp3) is 1.00. The minimum Gasteiger partial charge on any atom is -0.396 e. The molecule has 1 unspecified atom stereocenters. The van der Waals surface area contributed by atoms with Crippen molar-refractivity contribution in [2.24, 2.45) is 5.92 Å². The Labute approximate surface area is 86.5 Å². The summed E-state index contributed by atoms with van der Waals surface area (Å²) in [6.45, 7) is 5.23. The number of nitrogens with one attached hydrogen (secondary N) is 1. The Bertz CT molecular complexity index is 169. The van der Waals surface area contributed by atoms with Gasteiger partial charge in [-0.05, 0) is 51.2 Å². The Kier molecular flexibility index (Phi) is 3.79. The predicted molar refractivity (Wildman–Crippen MR) is 57.3 cm³/mol. The van der Waals surface area contributed by atoms with E-state index in [2.05, 4.69) is 10.2 Å². The van der Waals surface area contributed by atoms with Crippen LogP contribution in [0.15, 0.2) is 0 Å². The minimum atomic E-state index is 0.366. The predicted octanol–water partition coefficient (Wildman–Crippen LogP) is 0.443. The minimum absolute atomic E-state index is 0.366. The molecule has 0 aromatic heterocycles. The van der Waals surface area contributed by atoms with Crippen molar-refractivity contribution in [3.63, 3.8) is 0 Å². The number of hydrogen-bond acceptors (Lipinski definition) is 3. The largest absolute Gasteiger partial charge is 0.396 e.